The summed E-state index contributed by atoms with van der Waals surface area (Å²) in [7, 11) is 0. The minimum absolute atomic E-state index is 0.107. The van der Waals surface area contributed by atoms with E-state index in [9.17, 15) is 19.2 Å². The van der Waals surface area contributed by atoms with Gasteiger partial charge in [-0.1, -0.05) is 204 Å². The van der Waals surface area contributed by atoms with Crippen LogP contribution in [-0.4, -0.2) is 36.7 Å². The van der Waals surface area contributed by atoms with Crippen molar-refractivity contribution in [3.05, 3.63) is 81.2 Å². The molecule has 8 nitrogen and oxygen atoms in total. The Kier molecular flexibility index (Phi) is 28.0. The van der Waals surface area contributed by atoms with Crippen molar-refractivity contribution in [3.63, 3.8) is 0 Å². The van der Waals surface area contributed by atoms with Crippen molar-refractivity contribution >= 4 is 46.7 Å². The molecule has 0 aliphatic heterocycles. The number of hydrogen-bond donors (Lipinski definition) is 0. The molecule has 1 aliphatic carbocycles. The monoisotopic (exact) mass is 896 g/mol. The van der Waals surface area contributed by atoms with Crippen molar-refractivity contribution < 1.29 is 38.1 Å². The lowest BCUT2D eigenvalue weighted by Gasteiger charge is -2.17. The molecule has 344 valence electrons. The topological polar surface area (TPSA) is 105 Å². The molecule has 0 fully saturated rings. The molecule has 2 aromatic rings. The van der Waals surface area contributed by atoms with Gasteiger partial charge in [-0.3, -0.25) is 9.59 Å². The molecule has 0 atom stereocenters. The lowest BCUT2D eigenvalue weighted by Crippen LogP contribution is -2.26. The maximum Gasteiger partial charge on any atom is 0.343 e. The number of benzene rings is 2. The van der Waals surface area contributed by atoms with E-state index in [1.54, 1.807) is 24.3 Å². The molecule has 0 saturated carbocycles. The molecule has 0 radical (unpaired) electrons. The van der Waals surface area contributed by atoms with Gasteiger partial charge in [0.2, 0.25) is 23.1 Å². The Morgan fingerprint density at radius 1 is 0.387 bits per heavy atom. The highest BCUT2D eigenvalue weighted by atomic mass is 35.5. The summed E-state index contributed by atoms with van der Waals surface area (Å²) in [4.78, 5) is 52.0. The average molecular weight is 898 g/mol. The van der Waals surface area contributed by atoms with Gasteiger partial charge in [-0.25, -0.2) is 9.59 Å². The lowest BCUT2D eigenvalue weighted by atomic mass is 10.0. The summed E-state index contributed by atoms with van der Waals surface area (Å²) in [6.45, 7) is 5.65. The van der Waals surface area contributed by atoms with E-state index >= 15 is 0 Å². The van der Waals surface area contributed by atoms with Gasteiger partial charge in [-0.15, -0.1) is 0 Å². The van der Waals surface area contributed by atoms with Crippen LogP contribution in [-0.2, 0) is 19.1 Å². The van der Waals surface area contributed by atoms with Crippen LogP contribution < -0.4 is 9.47 Å². The van der Waals surface area contributed by atoms with Crippen LogP contribution in [0.25, 0.3) is 0 Å². The molecule has 0 aromatic heterocycles. The van der Waals surface area contributed by atoms with Gasteiger partial charge in [-0.2, -0.15) is 0 Å². The first-order valence-corrected chi connectivity index (χ1v) is 24.8. The number of ketones is 2. The first-order chi connectivity index (χ1) is 30.3. The third-order valence-corrected chi connectivity index (χ3v) is 12.0. The van der Waals surface area contributed by atoms with Crippen LogP contribution in [0, 0.1) is 0 Å². The number of rotatable bonds is 36. The number of allylic oxidation sites excluding steroid dienone is 2. The van der Waals surface area contributed by atoms with E-state index in [0.29, 0.717) is 24.7 Å². The van der Waals surface area contributed by atoms with Gasteiger partial charge in [0.1, 0.15) is 21.6 Å². The Bertz CT molecular complexity index is 1540. The summed E-state index contributed by atoms with van der Waals surface area (Å²) in [5.41, 5.74) is 0.214. The highest BCUT2D eigenvalue weighted by Crippen LogP contribution is 2.32. The van der Waals surface area contributed by atoms with E-state index in [2.05, 4.69) is 13.8 Å². The van der Waals surface area contributed by atoms with Crippen molar-refractivity contribution in [2.75, 3.05) is 13.2 Å². The number of carbonyl (C=O) groups is 4. The van der Waals surface area contributed by atoms with Gasteiger partial charge < -0.3 is 18.9 Å². The Labute approximate surface area is 382 Å². The average Bonchev–Trinajstić information content (AvgIpc) is 3.28. The fourth-order valence-electron chi connectivity index (χ4n) is 7.44. The maximum atomic E-state index is 13.1. The zero-order chi connectivity index (χ0) is 44.6. The number of Topliss-reactive ketones (excluding diaryl/α,β-unsaturated/α-hetero) is 2. The Balaban J connectivity index is 1.30. The van der Waals surface area contributed by atoms with Crippen LogP contribution in [0.5, 0.6) is 11.5 Å². The van der Waals surface area contributed by atoms with Gasteiger partial charge in [0.15, 0.2) is 0 Å². The number of esters is 2. The number of halogens is 2. The number of carbonyl (C=O) groups excluding carboxylic acids is 4. The highest BCUT2D eigenvalue weighted by Gasteiger charge is 2.38. The first-order valence-electron chi connectivity index (χ1n) is 24.1. The van der Waals surface area contributed by atoms with Gasteiger partial charge >= 0.3 is 11.9 Å². The molecule has 3 rings (SSSR count). The van der Waals surface area contributed by atoms with Crippen molar-refractivity contribution in [1.29, 1.82) is 0 Å². The molecule has 0 N–H and O–H groups in total. The number of hydrogen-bond acceptors (Lipinski definition) is 8. The molecule has 1 aliphatic rings. The minimum atomic E-state index is -1.06. The molecule has 62 heavy (non-hydrogen) atoms. The third kappa shape index (κ3) is 21.2. The molecule has 0 amide bonds. The second-order valence-corrected chi connectivity index (χ2v) is 17.4. The Morgan fingerprint density at radius 2 is 0.629 bits per heavy atom. The zero-order valence-corrected chi connectivity index (χ0v) is 39.4. The standard InChI is InChI=1S/C52H74Cl2O8/c1-3-5-7-9-11-13-15-17-19-21-23-25-27-29-39-59-43-35-31-41(32-36-43)51(57)61-49-45(53)48(56)50(46(54)47(49)55)62-52(58)42-33-37-44(38-34-42)60-40-30-28-26-24-22-20-18-16-14-12-10-8-6-4-2/h31-38H,3-30,39-40H2,1-2H3. The molecule has 10 heteroatoms. The van der Waals surface area contributed by atoms with E-state index < -0.39 is 45.1 Å². The normalized spacial score (nSPS) is 12.9. The smallest absolute Gasteiger partial charge is 0.343 e. The predicted octanol–water partition coefficient (Wildman–Crippen LogP) is 15.5. The van der Waals surface area contributed by atoms with Crippen LogP contribution in [0.4, 0.5) is 0 Å². The predicted molar refractivity (Wildman–Crippen MR) is 251 cm³/mol. The highest BCUT2D eigenvalue weighted by molar-refractivity contribution is 6.55. The summed E-state index contributed by atoms with van der Waals surface area (Å²) in [5.74, 6) is -4.27. The largest absolute Gasteiger partial charge is 0.494 e. The van der Waals surface area contributed by atoms with Crippen molar-refractivity contribution in [2.45, 2.75) is 194 Å². The number of ether oxygens (including phenoxy) is 4. The third-order valence-electron chi connectivity index (χ3n) is 11.3. The fraction of sp³-hybridized carbons (Fsp3) is 0.615. The first kappa shape index (κ1) is 52.7. The Morgan fingerprint density at radius 3 is 0.887 bits per heavy atom. The van der Waals surface area contributed by atoms with E-state index in [-0.39, 0.29) is 11.1 Å². The van der Waals surface area contributed by atoms with Crippen LogP contribution in [0.3, 0.4) is 0 Å². The summed E-state index contributed by atoms with van der Waals surface area (Å²) in [6, 6.07) is 12.5. The molecule has 0 spiro atoms. The van der Waals surface area contributed by atoms with Crippen molar-refractivity contribution in [2.24, 2.45) is 0 Å². The maximum absolute atomic E-state index is 13.1. The molecule has 0 unspecified atom stereocenters. The molecule has 0 heterocycles. The van der Waals surface area contributed by atoms with Crippen molar-refractivity contribution in [3.8, 4) is 11.5 Å². The van der Waals surface area contributed by atoms with E-state index in [0.717, 1.165) is 25.7 Å². The lowest BCUT2D eigenvalue weighted by molar-refractivity contribution is -0.119. The van der Waals surface area contributed by atoms with E-state index in [1.807, 2.05) is 0 Å². The molecule has 2 aromatic carbocycles. The molecular formula is C52H74Cl2O8. The minimum Gasteiger partial charge on any atom is -0.494 e. The Hall–Kier alpha value is -3.62. The summed E-state index contributed by atoms with van der Waals surface area (Å²) < 4.78 is 22.2. The summed E-state index contributed by atoms with van der Waals surface area (Å²) >= 11 is 12.4. The summed E-state index contributed by atoms with van der Waals surface area (Å²) in [5, 5.41) is -1.45. The van der Waals surface area contributed by atoms with Gasteiger partial charge in [0, 0.05) is 0 Å². The second-order valence-electron chi connectivity index (χ2n) is 16.7. The van der Waals surface area contributed by atoms with Crippen LogP contribution >= 0.6 is 23.2 Å². The van der Waals surface area contributed by atoms with Crippen molar-refractivity contribution in [1.82, 2.24) is 0 Å². The van der Waals surface area contributed by atoms with Gasteiger partial charge in [-0.05, 0) is 61.4 Å². The van der Waals surface area contributed by atoms with Gasteiger partial charge in [0.25, 0.3) is 0 Å². The SMILES string of the molecule is CCCCCCCCCCCCCCCCOc1ccc(C(=O)OC2=C(Cl)C(=O)C(OC(=O)c3ccc(OCCCCCCCCCCCCCCCC)cc3)=C(Cl)C2=O)cc1. The molecular weight excluding hydrogens is 823 g/mol. The zero-order valence-electron chi connectivity index (χ0n) is 37.9. The summed E-state index contributed by atoms with van der Waals surface area (Å²) in [6.07, 6.45) is 36.0. The second kappa shape index (κ2) is 33.0. The van der Waals surface area contributed by atoms with E-state index in [4.69, 9.17) is 42.1 Å². The van der Waals surface area contributed by atoms with Crippen LogP contribution in [0.2, 0.25) is 0 Å². The molecule has 0 saturated heterocycles. The van der Waals surface area contributed by atoms with E-state index in [1.165, 1.54) is 178 Å². The molecule has 0 bridgehead atoms. The fourth-order valence-corrected chi connectivity index (χ4v) is 7.86. The van der Waals surface area contributed by atoms with Crippen LogP contribution in [0.1, 0.15) is 214 Å². The number of unbranched alkanes of at least 4 members (excludes halogenated alkanes) is 26. The van der Waals surface area contributed by atoms with Gasteiger partial charge in [0.05, 0.1) is 24.3 Å². The van der Waals surface area contributed by atoms with Crippen LogP contribution in [0.15, 0.2) is 70.1 Å². The quantitative estimate of drug-likeness (QED) is 0.0378.